The summed E-state index contributed by atoms with van der Waals surface area (Å²) in [6.45, 7) is 4.40. The molecule has 5 nitrogen and oxygen atoms in total. The highest BCUT2D eigenvalue weighted by molar-refractivity contribution is 5.51. The van der Waals surface area contributed by atoms with Crippen LogP contribution in [0.3, 0.4) is 0 Å². The van der Waals surface area contributed by atoms with E-state index in [4.69, 9.17) is 4.42 Å². The number of benzene rings is 1. The van der Waals surface area contributed by atoms with Crippen molar-refractivity contribution < 1.29 is 13.9 Å². The van der Waals surface area contributed by atoms with Crippen LogP contribution in [0.5, 0.6) is 0 Å². The number of aliphatic hydroxyl groups is 1. The molecule has 1 N–H and O–H groups in total. The molecule has 0 saturated carbocycles. The van der Waals surface area contributed by atoms with Crippen LogP contribution in [-0.2, 0) is 6.54 Å². The van der Waals surface area contributed by atoms with E-state index in [0.717, 1.165) is 0 Å². The fourth-order valence-electron chi connectivity index (χ4n) is 1.97. The van der Waals surface area contributed by atoms with E-state index >= 15 is 0 Å². The Balaban J connectivity index is 2.04. The van der Waals surface area contributed by atoms with E-state index in [1.54, 1.807) is 26.0 Å². The predicted octanol–water partition coefficient (Wildman–Crippen LogP) is 2.08. The first-order chi connectivity index (χ1) is 9.33. The molecule has 2 aromatic rings. The molecule has 1 aromatic carbocycles. The summed E-state index contributed by atoms with van der Waals surface area (Å²) in [4.78, 5) is 1.89. The smallest absolute Gasteiger partial charge is 0.247 e. The summed E-state index contributed by atoms with van der Waals surface area (Å²) < 4.78 is 18.4. The largest absolute Gasteiger partial charge is 0.419 e. The van der Waals surface area contributed by atoms with Gasteiger partial charge in [-0.15, -0.1) is 10.2 Å². The molecule has 0 amide bonds. The summed E-state index contributed by atoms with van der Waals surface area (Å²) in [6, 6.07) is 5.87. The van der Waals surface area contributed by atoms with Gasteiger partial charge in [0.25, 0.3) is 0 Å². The normalized spacial score (nSPS) is 12.1. The van der Waals surface area contributed by atoms with Crippen LogP contribution in [0, 0.1) is 5.82 Å². The van der Waals surface area contributed by atoms with Crippen LogP contribution < -0.4 is 0 Å². The highest BCUT2D eigenvalue weighted by Crippen LogP contribution is 2.18. The SMILES string of the molecule is CN(Cc1nnc(-c2ccc(F)cc2)o1)CC(C)(C)O. The number of aromatic nitrogens is 2. The Kier molecular flexibility index (Phi) is 4.15. The standard InChI is InChI=1S/C14H18FN3O2/c1-14(2,19)9-18(3)8-12-16-17-13(20-12)10-4-6-11(15)7-5-10/h4-7,19H,8-9H2,1-3H3. The highest BCUT2D eigenvalue weighted by atomic mass is 19.1. The molecule has 0 aliphatic carbocycles. The monoisotopic (exact) mass is 279 g/mol. The van der Waals surface area contributed by atoms with E-state index in [0.29, 0.717) is 30.4 Å². The molecule has 2 rings (SSSR count). The van der Waals surface area contributed by atoms with Gasteiger partial charge < -0.3 is 9.52 Å². The van der Waals surface area contributed by atoms with Crippen LogP contribution in [-0.4, -0.2) is 39.4 Å². The third kappa shape index (κ3) is 4.11. The van der Waals surface area contributed by atoms with Crippen molar-refractivity contribution in [1.82, 2.24) is 15.1 Å². The third-order valence-corrected chi connectivity index (χ3v) is 2.62. The Morgan fingerprint density at radius 1 is 1.25 bits per heavy atom. The van der Waals surface area contributed by atoms with Crippen molar-refractivity contribution in [3.05, 3.63) is 36.0 Å². The van der Waals surface area contributed by atoms with Gasteiger partial charge in [0.15, 0.2) is 0 Å². The number of nitrogens with zero attached hydrogens (tertiary/aromatic N) is 3. The number of rotatable bonds is 5. The molecule has 0 radical (unpaired) electrons. The molecule has 0 saturated heterocycles. The van der Waals surface area contributed by atoms with Crippen molar-refractivity contribution in [2.75, 3.05) is 13.6 Å². The van der Waals surface area contributed by atoms with E-state index in [1.807, 2.05) is 11.9 Å². The Morgan fingerprint density at radius 2 is 1.90 bits per heavy atom. The molecule has 0 aliphatic rings. The molecule has 0 fully saturated rings. The van der Waals surface area contributed by atoms with Gasteiger partial charge in [0.2, 0.25) is 11.8 Å². The number of hydrogen-bond donors (Lipinski definition) is 1. The van der Waals surface area contributed by atoms with Crippen LogP contribution in [0.1, 0.15) is 19.7 Å². The van der Waals surface area contributed by atoms with Gasteiger partial charge in [-0.2, -0.15) is 0 Å². The molecule has 0 aliphatic heterocycles. The fourth-order valence-corrected chi connectivity index (χ4v) is 1.97. The maximum Gasteiger partial charge on any atom is 0.247 e. The lowest BCUT2D eigenvalue weighted by atomic mass is 10.1. The van der Waals surface area contributed by atoms with E-state index in [9.17, 15) is 9.50 Å². The molecule has 108 valence electrons. The Labute approximate surface area is 117 Å². The Morgan fingerprint density at radius 3 is 2.50 bits per heavy atom. The van der Waals surface area contributed by atoms with Crippen molar-refractivity contribution in [2.24, 2.45) is 0 Å². The zero-order valence-electron chi connectivity index (χ0n) is 11.8. The van der Waals surface area contributed by atoms with Crippen LogP contribution >= 0.6 is 0 Å². The van der Waals surface area contributed by atoms with Gasteiger partial charge >= 0.3 is 0 Å². The summed E-state index contributed by atoms with van der Waals surface area (Å²) in [5.41, 5.74) is -0.107. The van der Waals surface area contributed by atoms with E-state index in [2.05, 4.69) is 10.2 Å². The predicted molar refractivity (Wildman–Crippen MR) is 72.3 cm³/mol. The highest BCUT2D eigenvalue weighted by Gasteiger charge is 2.17. The van der Waals surface area contributed by atoms with Crippen LogP contribution in [0.2, 0.25) is 0 Å². The van der Waals surface area contributed by atoms with Gasteiger partial charge in [-0.25, -0.2) is 4.39 Å². The van der Waals surface area contributed by atoms with Crippen LogP contribution in [0.25, 0.3) is 11.5 Å². The quantitative estimate of drug-likeness (QED) is 0.908. The van der Waals surface area contributed by atoms with Gasteiger partial charge in [-0.3, -0.25) is 4.90 Å². The van der Waals surface area contributed by atoms with Gasteiger partial charge in [0, 0.05) is 12.1 Å². The molecule has 0 bridgehead atoms. The first-order valence-electron chi connectivity index (χ1n) is 6.33. The molecule has 0 atom stereocenters. The molecule has 20 heavy (non-hydrogen) atoms. The lowest BCUT2D eigenvalue weighted by Crippen LogP contribution is -2.35. The summed E-state index contributed by atoms with van der Waals surface area (Å²) in [5.74, 6) is 0.506. The maximum atomic E-state index is 12.8. The first kappa shape index (κ1) is 14.6. The summed E-state index contributed by atoms with van der Waals surface area (Å²) in [6.07, 6.45) is 0. The molecule has 0 unspecified atom stereocenters. The minimum Gasteiger partial charge on any atom is -0.419 e. The molecular formula is C14H18FN3O2. The van der Waals surface area contributed by atoms with Crippen molar-refractivity contribution >= 4 is 0 Å². The number of halogens is 1. The summed E-state index contributed by atoms with van der Waals surface area (Å²) in [7, 11) is 1.86. The Bertz CT molecular complexity index is 561. The van der Waals surface area contributed by atoms with Crippen molar-refractivity contribution in [3.63, 3.8) is 0 Å². The van der Waals surface area contributed by atoms with Crippen molar-refractivity contribution in [3.8, 4) is 11.5 Å². The molecule has 1 heterocycles. The second-order valence-corrected chi connectivity index (χ2v) is 5.49. The molecule has 1 aromatic heterocycles. The average molecular weight is 279 g/mol. The van der Waals surface area contributed by atoms with E-state index < -0.39 is 5.60 Å². The Hall–Kier alpha value is -1.79. The fraction of sp³-hybridized carbons (Fsp3) is 0.429. The van der Waals surface area contributed by atoms with E-state index in [1.165, 1.54) is 12.1 Å². The minimum atomic E-state index is -0.783. The van der Waals surface area contributed by atoms with Crippen molar-refractivity contribution in [1.29, 1.82) is 0 Å². The van der Waals surface area contributed by atoms with Gasteiger partial charge in [0.1, 0.15) is 5.82 Å². The average Bonchev–Trinajstić information content (AvgIpc) is 2.75. The van der Waals surface area contributed by atoms with Gasteiger partial charge in [-0.1, -0.05) is 0 Å². The van der Waals surface area contributed by atoms with Gasteiger partial charge in [-0.05, 0) is 45.2 Å². The van der Waals surface area contributed by atoms with Crippen LogP contribution in [0.15, 0.2) is 28.7 Å². The maximum absolute atomic E-state index is 12.8. The minimum absolute atomic E-state index is 0.307. The summed E-state index contributed by atoms with van der Waals surface area (Å²) in [5, 5.41) is 17.6. The molecule has 0 spiro atoms. The van der Waals surface area contributed by atoms with Crippen molar-refractivity contribution in [2.45, 2.75) is 26.0 Å². The molecule has 6 heteroatoms. The lowest BCUT2D eigenvalue weighted by Gasteiger charge is -2.23. The number of hydrogen-bond acceptors (Lipinski definition) is 5. The second-order valence-electron chi connectivity index (χ2n) is 5.49. The number of likely N-dealkylation sites (N-methyl/N-ethyl adjacent to an activating group) is 1. The zero-order chi connectivity index (χ0) is 14.8. The van der Waals surface area contributed by atoms with E-state index in [-0.39, 0.29) is 5.82 Å². The third-order valence-electron chi connectivity index (χ3n) is 2.62. The topological polar surface area (TPSA) is 62.4 Å². The second kappa shape index (κ2) is 5.68. The van der Waals surface area contributed by atoms with Crippen LogP contribution in [0.4, 0.5) is 4.39 Å². The lowest BCUT2D eigenvalue weighted by molar-refractivity contribution is 0.0403. The first-order valence-corrected chi connectivity index (χ1v) is 6.33. The van der Waals surface area contributed by atoms with Gasteiger partial charge in [0.05, 0.1) is 12.1 Å². The summed E-state index contributed by atoms with van der Waals surface area (Å²) >= 11 is 0. The zero-order valence-corrected chi connectivity index (χ0v) is 11.8. The molecular weight excluding hydrogens is 261 g/mol.